The molecule has 2 amide bonds. The maximum Gasteiger partial charge on any atom is 0.416 e. The molecule has 183 valence electrons. The highest BCUT2D eigenvalue weighted by atomic mass is 31.2. The number of amides is 2. The summed E-state index contributed by atoms with van der Waals surface area (Å²) in [6.45, 7) is 4.50. The molecule has 2 unspecified atom stereocenters. The predicted octanol–water partition coefficient (Wildman–Crippen LogP) is 3.58. The van der Waals surface area contributed by atoms with E-state index in [1.54, 1.807) is 0 Å². The molecule has 0 fully saturated rings. The van der Waals surface area contributed by atoms with Crippen LogP contribution in [0.4, 0.5) is 4.79 Å². The zero-order valence-corrected chi connectivity index (χ0v) is 19.9. The molecular weight excluding hydrogens is 459 g/mol. The Morgan fingerprint density at radius 3 is 2.26 bits per heavy atom. The summed E-state index contributed by atoms with van der Waals surface area (Å²) in [5, 5.41) is 11.3. The van der Waals surface area contributed by atoms with E-state index < -0.39 is 37.6 Å². The summed E-state index contributed by atoms with van der Waals surface area (Å²) in [7, 11) is -4.29. The third kappa shape index (κ3) is 8.01. The molecule has 0 bridgehead atoms. The van der Waals surface area contributed by atoms with Crippen LogP contribution in [-0.2, 0) is 25.3 Å². The molecule has 2 aromatic rings. The molecule has 0 aliphatic heterocycles. The van der Waals surface area contributed by atoms with Crippen molar-refractivity contribution in [3.8, 4) is 11.1 Å². The number of carbonyl (C=O) groups is 3. The lowest BCUT2D eigenvalue weighted by Crippen LogP contribution is -2.38. The Labute approximate surface area is 199 Å². The molecule has 3 N–H and O–H groups in total. The number of carbonyl (C=O) groups excluding carboxylic acids is 2. The Morgan fingerprint density at radius 2 is 1.71 bits per heavy atom. The van der Waals surface area contributed by atoms with E-state index in [1.807, 2.05) is 54.6 Å². The lowest BCUT2D eigenvalue weighted by molar-refractivity contribution is -0.137. The van der Waals surface area contributed by atoms with Gasteiger partial charge in [-0.1, -0.05) is 54.6 Å². The van der Waals surface area contributed by atoms with Gasteiger partial charge in [0.25, 0.3) is 7.52 Å². The summed E-state index contributed by atoms with van der Waals surface area (Å²) in [4.78, 5) is 46.4. The fourth-order valence-electron chi connectivity index (χ4n) is 3.45. The summed E-state index contributed by atoms with van der Waals surface area (Å²) >= 11 is 0. The van der Waals surface area contributed by atoms with Crippen molar-refractivity contribution in [1.29, 1.82) is 0 Å². The summed E-state index contributed by atoms with van der Waals surface area (Å²) in [6, 6.07) is 17.2. The van der Waals surface area contributed by atoms with Gasteiger partial charge in [-0.15, -0.1) is 0 Å². The van der Waals surface area contributed by atoms with Crippen molar-refractivity contribution in [1.82, 2.24) is 9.99 Å². The Hall–Kier alpha value is -3.16. The van der Waals surface area contributed by atoms with Gasteiger partial charge in [-0.2, -0.15) is 0 Å². The van der Waals surface area contributed by atoms with Crippen LogP contribution in [-0.4, -0.2) is 58.5 Å². The van der Waals surface area contributed by atoms with Gasteiger partial charge in [0.15, 0.2) is 0 Å². The Morgan fingerprint density at radius 1 is 1.09 bits per heavy atom. The molecule has 0 saturated carbocycles. The normalized spacial score (nSPS) is 13.4. The van der Waals surface area contributed by atoms with Crippen LogP contribution in [0.3, 0.4) is 0 Å². The lowest BCUT2D eigenvalue weighted by atomic mass is 9.97. The average Bonchev–Trinajstić information content (AvgIpc) is 2.79. The Bertz CT molecular complexity index is 1010. The molecule has 0 spiro atoms. The molecule has 0 aliphatic carbocycles. The van der Waals surface area contributed by atoms with E-state index in [1.165, 1.54) is 6.92 Å². The lowest BCUT2D eigenvalue weighted by Gasteiger charge is -2.28. The monoisotopic (exact) mass is 489 g/mol. The SMILES string of the molecule is [CH2]COC(=O)N(CC)P(=O)(O)CC(Cc1ccc(-c2ccccc2)cc1)C(=O)NCCC(=O)O. The van der Waals surface area contributed by atoms with E-state index in [0.717, 1.165) is 16.7 Å². The highest BCUT2D eigenvalue weighted by Crippen LogP contribution is 2.47. The third-order valence-corrected chi connectivity index (χ3v) is 7.24. The van der Waals surface area contributed by atoms with Crippen molar-refractivity contribution in [2.24, 2.45) is 5.92 Å². The van der Waals surface area contributed by atoms with Gasteiger partial charge in [0, 0.05) is 13.1 Å². The molecule has 0 aliphatic rings. The van der Waals surface area contributed by atoms with Crippen LogP contribution in [0.15, 0.2) is 54.6 Å². The Kier molecular flexibility index (Phi) is 10.3. The number of ether oxygens (including phenoxy) is 1. The first-order valence-electron chi connectivity index (χ1n) is 10.9. The minimum atomic E-state index is -4.29. The second-order valence-electron chi connectivity index (χ2n) is 7.58. The van der Waals surface area contributed by atoms with E-state index in [-0.39, 0.29) is 32.5 Å². The van der Waals surface area contributed by atoms with Crippen molar-refractivity contribution < 1.29 is 33.7 Å². The summed E-state index contributed by atoms with van der Waals surface area (Å²) < 4.78 is 18.5. The van der Waals surface area contributed by atoms with E-state index in [0.29, 0.717) is 4.67 Å². The summed E-state index contributed by atoms with van der Waals surface area (Å²) in [5.41, 5.74) is 2.76. The minimum Gasteiger partial charge on any atom is -0.481 e. The van der Waals surface area contributed by atoms with Crippen molar-refractivity contribution in [3.63, 3.8) is 0 Å². The molecule has 0 saturated heterocycles. The quantitative estimate of drug-likeness (QED) is 0.388. The number of nitrogens with zero attached hydrogens (tertiary/aromatic N) is 1. The van der Waals surface area contributed by atoms with E-state index in [9.17, 15) is 23.8 Å². The Balaban J connectivity index is 2.23. The van der Waals surface area contributed by atoms with Crippen molar-refractivity contribution in [3.05, 3.63) is 67.1 Å². The van der Waals surface area contributed by atoms with Crippen LogP contribution in [0.1, 0.15) is 18.9 Å². The van der Waals surface area contributed by atoms with E-state index in [4.69, 9.17) is 9.84 Å². The largest absolute Gasteiger partial charge is 0.481 e. The van der Waals surface area contributed by atoms with Gasteiger partial charge in [-0.05, 0) is 37.0 Å². The number of rotatable bonds is 12. The van der Waals surface area contributed by atoms with Crippen LogP contribution < -0.4 is 5.32 Å². The molecule has 2 atom stereocenters. The second kappa shape index (κ2) is 12.9. The molecule has 1 radical (unpaired) electrons. The zero-order valence-electron chi connectivity index (χ0n) is 19.1. The molecular formula is C24H30N2O7P. The number of hydrogen-bond donors (Lipinski definition) is 3. The molecule has 0 heterocycles. The van der Waals surface area contributed by atoms with Crippen LogP contribution in [0.25, 0.3) is 11.1 Å². The van der Waals surface area contributed by atoms with Crippen molar-refractivity contribution in [2.75, 3.05) is 25.9 Å². The third-order valence-electron chi connectivity index (χ3n) is 5.12. The summed E-state index contributed by atoms with van der Waals surface area (Å²) in [5.74, 6) is -2.62. The number of aliphatic carboxylic acids is 1. The standard InChI is InChI=1S/C24H30N2O7P/c1-3-26(24(30)33-4-2)34(31,32)17-21(23(29)25-15-14-22(27)28)16-18-10-12-20(13-11-18)19-8-6-5-7-9-19/h5-13,21H,2-4,14-17H2,1H3,(H,25,29)(H,27,28)(H,31,32). The number of nitrogens with one attached hydrogen (secondary N) is 1. The zero-order chi connectivity index (χ0) is 25.1. The van der Waals surface area contributed by atoms with Crippen molar-refractivity contribution >= 4 is 25.5 Å². The first-order chi connectivity index (χ1) is 16.2. The molecule has 0 aromatic heterocycles. The molecule has 2 rings (SSSR count). The fraction of sp³-hybridized carbons (Fsp3) is 0.333. The minimum absolute atomic E-state index is 0.0915. The highest BCUT2D eigenvalue weighted by Gasteiger charge is 2.37. The number of benzene rings is 2. The van der Waals surface area contributed by atoms with Gasteiger partial charge in [0.1, 0.15) is 0 Å². The molecule has 9 nitrogen and oxygen atoms in total. The van der Waals surface area contributed by atoms with Gasteiger partial charge in [0.2, 0.25) is 5.91 Å². The highest BCUT2D eigenvalue weighted by molar-refractivity contribution is 7.56. The molecule has 10 heteroatoms. The van der Waals surface area contributed by atoms with Crippen LogP contribution >= 0.6 is 7.52 Å². The average molecular weight is 489 g/mol. The maximum atomic E-state index is 13.1. The predicted molar refractivity (Wildman–Crippen MR) is 128 cm³/mol. The van der Waals surface area contributed by atoms with E-state index in [2.05, 4.69) is 12.2 Å². The van der Waals surface area contributed by atoms with Crippen LogP contribution in [0.5, 0.6) is 0 Å². The van der Waals surface area contributed by atoms with Gasteiger partial charge < -0.3 is 20.1 Å². The first-order valence-corrected chi connectivity index (χ1v) is 12.7. The van der Waals surface area contributed by atoms with Gasteiger partial charge in [0.05, 0.1) is 25.1 Å². The number of carboxylic acids is 1. The van der Waals surface area contributed by atoms with E-state index >= 15 is 0 Å². The second-order valence-corrected chi connectivity index (χ2v) is 9.75. The summed E-state index contributed by atoms with van der Waals surface area (Å²) in [6.07, 6.45) is -1.65. The van der Waals surface area contributed by atoms with Gasteiger partial charge >= 0.3 is 12.1 Å². The number of hydrogen-bond acceptors (Lipinski definition) is 5. The topological polar surface area (TPSA) is 133 Å². The fourth-order valence-corrected chi connectivity index (χ4v) is 5.27. The van der Waals surface area contributed by atoms with Crippen LogP contribution in [0.2, 0.25) is 0 Å². The molecule has 34 heavy (non-hydrogen) atoms. The van der Waals surface area contributed by atoms with Gasteiger partial charge in [-0.3, -0.25) is 14.2 Å². The number of carboxylic acid groups (broad SMARTS) is 1. The first kappa shape index (κ1) is 27.1. The van der Waals surface area contributed by atoms with Crippen LogP contribution in [0, 0.1) is 12.8 Å². The van der Waals surface area contributed by atoms with Crippen molar-refractivity contribution in [2.45, 2.75) is 19.8 Å². The smallest absolute Gasteiger partial charge is 0.416 e. The molecule has 2 aromatic carbocycles. The van der Waals surface area contributed by atoms with Gasteiger partial charge in [-0.25, -0.2) is 9.46 Å². The maximum absolute atomic E-state index is 13.1.